The molecule has 1 aliphatic rings. The minimum atomic E-state index is -5.08. The second kappa shape index (κ2) is 40.2. The van der Waals surface area contributed by atoms with Crippen LogP contribution in [0.2, 0.25) is 0 Å². The average molecular weight is 920 g/mol. The number of aliphatic hydroxyl groups is 6. The Labute approximate surface area is 384 Å². The number of carbonyl (C=O) groups excluding carboxylic acids is 1. The third-order valence-corrected chi connectivity index (χ3v) is 13.8. The van der Waals surface area contributed by atoms with E-state index in [0.717, 1.165) is 44.9 Å². The maximum Gasteiger partial charge on any atom is 0.472 e. The minimum Gasteiger partial charge on any atom is -0.387 e. The van der Waals surface area contributed by atoms with Gasteiger partial charge in [-0.15, -0.1) is 0 Å². The first-order valence-corrected chi connectivity index (χ1v) is 27.6. The molecule has 0 aromatic carbocycles. The number of carbonyl (C=O) groups is 1. The van der Waals surface area contributed by atoms with Crippen molar-refractivity contribution >= 4 is 13.7 Å². The fourth-order valence-corrected chi connectivity index (χ4v) is 9.52. The van der Waals surface area contributed by atoms with Crippen LogP contribution in [0.5, 0.6) is 0 Å². The Morgan fingerprint density at radius 1 is 0.524 bits per heavy atom. The van der Waals surface area contributed by atoms with Crippen LogP contribution >= 0.6 is 7.82 Å². The minimum absolute atomic E-state index is 0.219. The first-order valence-electron chi connectivity index (χ1n) is 26.1. The van der Waals surface area contributed by atoms with E-state index < -0.39 is 63.2 Å². The average Bonchev–Trinajstić information content (AvgIpc) is 3.27. The summed E-state index contributed by atoms with van der Waals surface area (Å²) < 4.78 is 23.0. The normalized spacial score (nSPS) is 22.4. The summed E-state index contributed by atoms with van der Waals surface area (Å²) in [5.74, 6) is -0.336. The Hall–Kier alpha value is -0.920. The fourth-order valence-electron chi connectivity index (χ4n) is 8.55. The molecule has 1 aliphatic carbocycles. The highest BCUT2D eigenvalue weighted by atomic mass is 31.2. The lowest BCUT2D eigenvalue weighted by molar-refractivity contribution is -0.220. The quantitative estimate of drug-likeness (QED) is 0.0164. The molecular weight excluding hydrogens is 822 g/mol. The predicted molar refractivity (Wildman–Crippen MR) is 255 cm³/mol. The number of phosphoric acid groups is 1. The van der Waals surface area contributed by atoms with Crippen molar-refractivity contribution in [3.8, 4) is 0 Å². The number of hydrogen-bond acceptors (Lipinski definition) is 10. The molecule has 0 heterocycles. The number of allylic oxidation sites excluding steroid dienone is 1. The first kappa shape index (κ1) is 60.1. The van der Waals surface area contributed by atoms with E-state index in [1.165, 1.54) is 179 Å². The summed E-state index contributed by atoms with van der Waals surface area (Å²) in [7, 11) is -5.08. The molecule has 0 radical (unpaired) electrons. The third-order valence-electron chi connectivity index (χ3n) is 12.8. The van der Waals surface area contributed by atoms with E-state index in [0.29, 0.717) is 6.42 Å². The summed E-state index contributed by atoms with van der Waals surface area (Å²) in [6.45, 7) is 3.86. The molecule has 9 atom stereocenters. The number of amides is 1. The van der Waals surface area contributed by atoms with E-state index in [9.17, 15) is 44.9 Å². The molecule has 0 aromatic heterocycles. The predicted octanol–water partition coefficient (Wildman–Crippen LogP) is 10.8. The van der Waals surface area contributed by atoms with E-state index in [4.69, 9.17) is 9.05 Å². The summed E-state index contributed by atoms with van der Waals surface area (Å²) in [4.78, 5) is 23.4. The zero-order chi connectivity index (χ0) is 46.4. The Kier molecular flexibility index (Phi) is 38.3. The smallest absolute Gasteiger partial charge is 0.387 e. The maximum absolute atomic E-state index is 13.0. The van der Waals surface area contributed by atoms with Gasteiger partial charge in [0.2, 0.25) is 5.91 Å². The van der Waals surface area contributed by atoms with Gasteiger partial charge in [0, 0.05) is 6.42 Å². The third kappa shape index (κ3) is 31.6. The number of unbranched alkanes of at least 4 members (excludes halogenated alkanes) is 33. The number of phosphoric ester groups is 1. The molecule has 1 fully saturated rings. The molecule has 0 aliphatic heterocycles. The van der Waals surface area contributed by atoms with E-state index >= 15 is 0 Å². The van der Waals surface area contributed by atoms with E-state index in [-0.39, 0.29) is 12.3 Å². The summed E-state index contributed by atoms with van der Waals surface area (Å²) in [6, 6.07) is -1.11. The Morgan fingerprint density at radius 3 is 1.21 bits per heavy atom. The molecule has 13 heteroatoms. The molecule has 1 amide bonds. The lowest BCUT2D eigenvalue weighted by atomic mass is 9.85. The van der Waals surface area contributed by atoms with Gasteiger partial charge in [0.05, 0.1) is 18.8 Å². The summed E-state index contributed by atoms with van der Waals surface area (Å²) >= 11 is 0. The van der Waals surface area contributed by atoms with Gasteiger partial charge in [0.15, 0.2) is 0 Å². The van der Waals surface area contributed by atoms with Gasteiger partial charge in [0.1, 0.15) is 36.6 Å². The number of nitrogens with one attached hydrogen (secondary N) is 1. The first-order chi connectivity index (χ1) is 30.4. The van der Waals surface area contributed by atoms with E-state index in [1.54, 1.807) is 0 Å². The van der Waals surface area contributed by atoms with Crippen molar-refractivity contribution < 1.29 is 53.9 Å². The second-order valence-electron chi connectivity index (χ2n) is 18.7. The van der Waals surface area contributed by atoms with Crippen LogP contribution in [0, 0.1) is 0 Å². The van der Waals surface area contributed by atoms with Crippen LogP contribution in [0.15, 0.2) is 12.2 Å². The van der Waals surface area contributed by atoms with Gasteiger partial charge >= 0.3 is 7.82 Å². The van der Waals surface area contributed by atoms with Gasteiger partial charge in [-0.05, 0) is 19.3 Å². The lowest BCUT2D eigenvalue weighted by Crippen LogP contribution is -2.64. The molecule has 0 bridgehead atoms. The number of aliphatic hydroxyl groups excluding tert-OH is 6. The molecule has 0 spiro atoms. The summed E-state index contributed by atoms with van der Waals surface area (Å²) in [5.41, 5.74) is 0. The lowest BCUT2D eigenvalue weighted by Gasteiger charge is -2.41. The van der Waals surface area contributed by atoms with E-state index in [2.05, 4.69) is 19.2 Å². The van der Waals surface area contributed by atoms with Crippen LogP contribution in [0.1, 0.15) is 245 Å². The molecule has 0 aromatic rings. The molecule has 1 rings (SSSR count). The van der Waals surface area contributed by atoms with Crippen molar-refractivity contribution in [2.45, 2.75) is 294 Å². The van der Waals surface area contributed by atoms with Crippen LogP contribution in [0.4, 0.5) is 0 Å². The molecule has 12 nitrogen and oxygen atoms in total. The second-order valence-corrected chi connectivity index (χ2v) is 20.1. The molecule has 374 valence electrons. The van der Waals surface area contributed by atoms with Crippen molar-refractivity contribution in [3.05, 3.63) is 12.2 Å². The molecule has 6 unspecified atom stereocenters. The highest BCUT2D eigenvalue weighted by Crippen LogP contribution is 2.47. The Bertz CT molecular complexity index is 1120. The van der Waals surface area contributed by atoms with Crippen LogP contribution in [0.3, 0.4) is 0 Å². The topological polar surface area (TPSA) is 206 Å². The maximum atomic E-state index is 13.0. The van der Waals surface area contributed by atoms with Gasteiger partial charge in [-0.3, -0.25) is 13.8 Å². The molecular formula is C50H98NO11P. The molecule has 1 saturated carbocycles. The van der Waals surface area contributed by atoms with Gasteiger partial charge in [-0.2, -0.15) is 0 Å². The van der Waals surface area contributed by atoms with Crippen molar-refractivity contribution in [2.24, 2.45) is 0 Å². The Balaban J connectivity index is 2.36. The fraction of sp³-hybridized carbons (Fsp3) is 0.940. The van der Waals surface area contributed by atoms with Crippen LogP contribution in [-0.2, 0) is 18.4 Å². The number of hydrogen-bond donors (Lipinski definition) is 8. The van der Waals surface area contributed by atoms with Crippen molar-refractivity contribution in [1.29, 1.82) is 0 Å². The summed E-state index contributed by atoms with van der Waals surface area (Å²) in [6.07, 6.45) is 34.3. The van der Waals surface area contributed by atoms with Crippen molar-refractivity contribution in [3.63, 3.8) is 0 Å². The van der Waals surface area contributed by atoms with Gasteiger partial charge in [-0.25, -0.2) is 4.57 Å². The molecule has 0 saturated heterocycles. The van der Waals surface area contributed by atoms with Crippen molar-refractivity contribution in [2.75, 3.05) is 6.61 Å². The SMILES string of the molecule is CCCCCCCCCCCCC/C=C/[C@@H](O)[C@H](COP(=O)(O)OC1C(O)C(O)C(O)[C@@H](O)C1O)NC(=O)CCCCCCCCCCCCCCCCCCCCCCCCC. The highest BCUT2D eigenvalue weighted by Gasteiger charge is 2.51. The van der Waals surface area contributed by atoms with Gasteiger partial charge < -0.3 is 40.8 Å². The summed E-state index contributed by atoms with van der Waals surface area (Å²) in [5, 5.41) is 64.1. The largest absolute Gasteiger partial charge is 0.472 e. The number of rotatable bonds is 44. The molecule has 8 N–H and O–H groups in total. The van der Waals surface area contributed by atoms with Crippen LogP contribution in [0.25, 0.3) is 0 Å². The Morgan fingerprint density at radius 2 is 0.841 bits per heavy atom. The van der Waals surface area contributed by atoms with Crippen molar-refractivity contribution in [1.82, 2.24) is 5.32 Å². The monoisotopic (exact) mass is 920 g/mol. The van der Waals surface area contributed by atoms with Gasteiger partial charge in [-0.1, -0.05) is 231 Å². The van der Waals surface area contributed by atoms with Crippen LogP contribution < -0.4 is 5.32 Å². The van der Waals surface area contributed by atoms with Gasteiger partial charge in [0.25, 0.3) is 0 Å². The standard InChI is InChI=1S/C50H98NO11P/c1-3-5-7-9-11-13-15-17-18-19-20-21-22-23-24-25-26-28-30-32-34-36-38-40-44(53)51-42(43(52)39-37-35-33-31-29-27-16-14-12-10-8-6-4-2)41-61-63(59,60)62-50-48(57)46(55)45(54)47(56)49(50)58/h37,39,42-43,45-50,52,54-58H,3-36,38,40-41H2,1-2H3,(H,51,53)(H,59,60)/b39-37+/t42-,43+,45?,46+,47?,48?,49?,50?/m0/s1. The molecule has 63 heavy (non-hydrogen) atoms. The zero-order valence-corrected chi connectivity index (χ0v) is 41.0. The zero-order valence-electron chi connectivity index (χ0n) is 40.1. The van der Waals surface area contributed by atoms with E-state index in [1.807, 2.05) is 6.08 Å². The highest BCUT2D eigenvalue weighted by molar-refractivity contribution is 7.47. The van der Waals surface area contributed by atoms with Crippen LogP contribution in [-0.4, -0.2) is 96.8 Å².